The average Bonchev–Trinajstić information content (AvgIpc) is 0.755. The van der Waals surface area contributed by atoms with Crippen LogP contribution in [-0.4, -0.2) is 220 Å². The van der Waals surface area contributed by atoms with Gasteiger partial charge in [0.15, 0.2) is 11.4 Å². The van der Waals surface area contributed by atoms with Crippen LogP contribution in [0.1, 0.15) is 176 Å². The first-order valence-corrected chi connectivity index (χ1v) is 50.9. The predicted molar refractivity (Wildman–Crippen MR) is 505 cm³/mol. The van der Waals surface area contributed by atoms with Crippen molar-refractivity contribution in [1.82, 2.24) is 30.4 Å². The monoisotopic (exact) mass is 2010 g/mol. The van der Waals surface area contributed by atoms with Crippen molar-refractivity contribution in [2.45, 2.75) is 268 Å². The van der Waals surface area contributed by atoms with Gasteiger partial charge >= 0.3 is 53.9 Å². The number of carbonyl (C=O) groups is 4. The molecular formula is C97H144AgF3N6O21S2Si2-. The second kappa shape index (κ2) is 51.7. The van der Waals surface area contributed by atoms with Crippen LogP contribution in [-0.2, 0) is 105 Å². The van der Waals surface area contributed by atoms with Crippen LogP contribution in [0.5, 0.6) is 0 Å². The number of aromatic nitrogens is 2. The summed E-state index contributed by atoms with van der Waals surface area (Å²) in [6.45, 7) is 43.5. The van der Waals surface area contributed by atoms with E-state index < -0.39 is 115 Å². The van der Waals surface area contributed by atoms with E-state index in [-0.39, 0.29) is 66.2 Å². The summed E-state index contributed by atoms with van der Waals surface area (Å²) in [6.07, 6.45) is 8.70. The molecule has 0 bridgehead atoms. The van der Waals surface area contributed by atoms with Crippen LogP contribution < -0.4 is 31.4 Å². The number of alkyl halides is 3. The molecule has 2 saturated heterocycles. The van der Waals surface area contributed by atoms with Gasteiger partial charge in [-0.05, 0) is 143 Å². The number of cyclic esters (lactones) is 2. The van der Waals surface area contributed by atoms with Crippen molar-refractivity contribution in [3.63, 3.8) is 0 Å². The van der Waals surface area contributed by atoms with Crippen molar-refractivity contribution >= 4 is 84.0 Å². The molecule has 741 valence electrons. The molecule has 0 saturated carbocycles. The average molecular weight is 2020 g/mol. The number of ether oxygens (including phenoxy) is 11. The minimum absolute atomic E-state index is 0.0681. The van der Waals surface area contributed by atoms with E-state index in [0.717, 1.165) is 52.9 Å². The summed E-state index contributed by atoms with van der Waals surface area (Å²) >= 11 is 3.22. The number of aliphatic hydroxyl groups excluding tert-OH is 1. The van der Waals surface area contributed by atoms with Gasteiger partial charge in [-0.1, -0.05) is 240 Å². The maximum atomic E-state index is 13.2. The van der Waals surface area contributed by atoms with Crippen LogP contribution in [0.2, 0.25) is 10.1 Å². The zero-order valence-electron chi connectivity index (χ0n) is 81.1. The fraction of sp³-hybridized carbons (Fsp3) is 0.588. The van der Waals surface area contributed by atoms with Crippen LogP contribution in [0.3, 0.4) is 0 Å². The molecule has 132 heavy (non-hydrogen) atoms. The third kappa shape index (κ3) is 31.9. The fourth-order valence-electron chi connectivity index (χ4n) is 17.8. The van der Waals surface area contributed by atoms with E-state index in [2.05, 4.69) is 144 Å². The van der Waals surface area contributed by atoms with Crippen LogP contribution in [0.4, 0.5) is 22.8 Å². The molecule has 27 nitrogen and oxygen atoms in total. The molecule has 2 fully saturated rings. The van der Waals surface area contributed by atoms with E-state index in [1.54, 1.807) is 95.3 Å². The van der Waals surface area contributed by atoms with Gasteiger partial charge in [0.05, 0.1) is 46.8 Å². The molecule has 16 atom stereocenters. The molecule has 5 heterocycles. The number of halogens is 3. The molecule has 2 amide bonds. The fourth-order valence-corrected chi connectivity index (χ4v) is 26.3. The first-order chi connectivity index (χ1) is 61.7. The SMILES string of the molecule is C=CCOC(=O)NCC1CC(N(C)C)C(C)[C@H](O[C@H]([C@@H](C)C2=C(C)C(=O)OC(C)(C)O2)[C@@](C)(C[C@@H](C)CCC(C)(C)[Si](O)(c2ccccc2)c2ccccc2)OC)O1.C=CCOC(=O)NCC1CC(N(C)C)C(C)[C@H](Sc2ncccn2)O1.CO[C@](C)(C[C@@H](C)CCC(C)(C)[Si](O)(c1ccccc1)c1ccccc1)[C@H](O)[C@@H](C)C1=C(C)C(=O)OC(C)(C)O1.O=[S-](=O)C(F)(F)F.[O]=[Ag]. The van der Waals surface area contributed by atoms with Crippen LogP contribution in [0.15, 0.2) is 193 Å². The Balaban J connectivity index is 0.000000358. The normalized spacial score (nSPS) is 22.1. The Hall–Kier alpha value is -7.34. The van der Waals surface area contributed by atoms with Gasteiger partial charge in [0.1, 0.15) is 30.2 Å². The number of benzene rings is 4. The number of alkyl carbamates (subject to hydrolysis) is 2. The maximum absolute atomic E-state index is 13.2. The molecule has 6 unspecified atom stereocenters. The topological polar surface area (TPSA) is 338 Å². The number of rotatable bonds is 38. The summed E-state index contributed by atoms with van der Waals surface area (Å²) in [4.78, 5) is 87.8. The van der Waals surface area contributed by atoms with E-state index in [0.29, 0.717) is 65.6 Å². The standard InChI is InChI=1S/C46H70N2O9Si.C33H48O6Si.C17H26N4O3S.CF3O2S.Ag.O/c1-14-27-53-43(50)47-30-35-28-38(48(11)12)32(3)42(54-35)55-40(33(4)39-34(5)41(49)57-45(8,9)56-39)46(10,52-13)29-31(2)25-26-44(6,7)58(51,36-21-17-15-18-22-36)37-23-19-16-20-24-37;1-23(22-33(8,37-9)29(34)24(2)28-25(3)30(35)39-32(6,7)38-28)20-21-31(4,5)40(36,26-16-12-10-13-17-26)27-18-14-11-15-19-27;1-5-9-23-17(22)20-11-13-10-14(21(3)4)12(2)15(24-13)25-16-18-7-6-8-19-16;2-1(3,4)7(5)6;;/h14-24,31-33,35,38,40,42,51H,1,25-30H2,2-13H3,(H,47,50);10-19,23-24,29,34,36H,20-22H2,1-9H3;5-8,12-15H,1,9-11H2,2-4H3,(H,20,22);;;/q;;;-1;;/t31-,32?,33-,35?,38?,40+,42-,46+;23-,24-,29+,33+;12?,13?,14?,15-;;;/m000.../s1. The number of methoxy groups -OCH3 is 2. The second-order valence-electron chi connectivity index (χ2n) is 37.6. The molecule has 4 aliphatic heterocycles. The molecule has 4 aromatic carbocycles. The first-order valence-electron chi connectivity index (χ1n) is 44.5. The van der Waals surface area contributed by atoms with E-state index >= 15 is 0 Å². The van der Waals surface area contributed by atoms with Crippen molar-refractivity contribution in [3.05, 3.63) is 188 Å². The van der Waals surface area contributed by atoms with Gasteiger partial charge in [0, 0.05) is 114 Å². The Bertz CT molecular complexity index is 4510. The third-order valence-corrected chi connectivity index (χ3v) is 36.0. The minimum atomic E-state index is -5.08. The summed E-state index contributed by atoms with van der Waals surface area (Å²) < 4.78 is 124. The summed E-state index contributed by atoms with van der Waals surface area (Å²) in [5.74, 6) is -2.61. The van der Waals surface area contributed by atoms with Gasteiger partial charge in [-0.15, -0.1) is 0 Å². The Morgan fingerprint density at radius 2 is 0.947 bits per heavy atom. The molecule has 5 aromatic rings. The molecule has 9 rings (SSSR count). The Kier molecular flexibility index (Phi) is 45.1. The Morgan fingerprint density at radius 1 is 0.598 bits per heavy atom. The van der Waals surface area contributed by atoms with Crippen molar-refractivity contribution in [1.29, 1.82) is 0 Å². The van der Waals surface area contributed by atoms with Gasteiger partial charge in [0.25, 0.3) is 16.6 Å². The molecule has 1 aromatic heterocycles. The molecular weight excluding hydrogens is 1870 g/mol. The number of hydrogen-bond acceptors (Lipinski definition) is 27. The van der Waals surface area contributed by atoms with Crippen LogP contribution in [0, 0.1) is 35.5 Å². The predicted octanol–water partition coefficient (Wildman–Crippen LogP) is 15.1. The number of aliphatic hydroxyl groups is 1. The number of esters is 2. The Morgan fingerprint density at radius 3 is 1.30 bits per heavy atom. The summed E-state index contributed by atoms with van der Waals surface area (Å²) in [6, 6.07) is 42.5. The number of hydrogen-bond donors (Lipinski definition) is 5. The van der Waals surface area contributed by atoms with Crippen LogP contribution >= 0.6 is 11.8 Å². The number of nitrogens with one attached hydrogen (secondary N) is 2. The number of amides is 2. The van der Waals surface area contributed by atoms with E-state index in [4.69, 9.17) is 63.8 Å². The molecule has 5 N–H and O–H groups in total. The summed E-state index contributed by atoms with van der Waals surface area (Å²) in [5, 5.41) is 21.0. The Labute approximate surface area is 800 Å². The van der Waals surface area contributed by atoms with Crippen molar-refractivity contribution in [2.24, 2.45) is 35.5 Å². The molecule has 0 spiro atoms. The van der Waals surface area contributed by atoms with Crippen molar-refractivity contribution in [3.8, 4) is 0 Å². The second-order valence-corrected chi connectivity index (χ2v) is 47.4. The molecule has 0 radical (unpaired) electrons. The molecule has 0 aliphatic carbocycles. The van der Waals surface area contributed by atoms with Gasteiger partial charge in [-0.2, -0.15) is 13.2 Å². The van der Waals surface area contributed by atoms with Crippen molar-refractivity contribution < 1.29 is 132 Å². The van der Waals surface area contributed by atoms with Gasteiger partial charge < -0.3 is 95.7 Å². The molecule has 4 aliphatic rings. The van der Waals surface area contributed by atoms with Gasteiger partial charge in [-0.25, -0.2) is 29.1 Å². The number of nitrogens with zero attached hydrogens (tertiary/aromatic N) is 4. The van der Waals surface area contributed by atoms with Crippen molar-refractivity contribution in [2.75, 3.05) is 68.7 Å². The quantitative estimate of drug-likeness (QED) is 0.00612. The first kappa shape index (κ1) is 115. The van der Waals surface area contributed by atoms with E-state index in [1.807, 2.05) is 132 Å². The summed E-state index contributed by atoms with van der Waals surface area (Å²) in [5.41, 5.74) is -6.19. The third-order valence-electron chi connectivity index (χ3n) is 25.3. The molecule has 35 heteroatoms. The van der Waals surface area contributed by atoms with Crippen LogP contribution in [0.25, 0.3) is 0 Å². The zero-order valence-corrected chi connectivity index (χ0v) is 86.3. The van der Waals surface area contributed by atoms with E-state index in [1.165, 1.54) is 23.9 Å². The number of carbonyl (C=O) groups excluding carboxylic acids is 4. The van der Waals surface area contributed by atoms with E-state index in [9.17, 15) is 47.0 Å². The summed E-state index contributed by atoms with van der Waals surface area (Å²) in [7, 11) is 1.27. The van der Waals surface area contributed by atoms with Gasteiger partial charge in [-0.3, -0.25) is 0 Å². The number of thioether (sulfide) groups is 1. The zero-order chi connectivity index (χ0) is 99.3. The van der Waals surface area contributed by atoms with Gasteiger partial charge in [0.2, 0.25) is 11.6 Å².